The highest BCUT2D eigenvalue weighted by Gasteiger charge is 2.16. The van der Waals surface area contributed by atoms with Crippen molar-refractivity contribution in [3.8, 4) is 0 Å². The lowest BCUT2D eigenvalue weighted by Gasteiger charge is -2.02. The van der Waals surface area contributed by atoms with Crippen molar-refractivity contribution in [2.75, 3.05) is 0 Å². The molecule has 7 heteroatoms. The maximum atomic E-state index is 12.8. The fraction of sp³-hybridized carbons (Fsp3) is 0.267. The van der Waals surface area contributed by atoms with Gasteiger partial charge in [0.25, 0.3) is 5.56 Å². The van der Waals surface area contributed by atoms with Crippen LogP contribution in [0.15, 0.2) is 29.5 Å². The number of aromatic nitrogens is 5. The summed E-state index contributed by atoms with van der Waals surface area (Å²) in [6.45, 7) is 4.45. The van der Waals surface area contributed by atoms with Crippen LogP contribution in [0.5, 0.6) is 0 Å². The van der Waals surface area contributed by atoms with Crippen molar-refractivity contribution < 1.29 is 0 Å². The van der Waals surface area contributed by atoms with Crippen LogP contribution in [0, 0.1) is 13.8 Å². The van der Waals surface area contributed by atoms with E-state index in [2.05, 4.69) is 27.7 Å². The van der Waals surface area contributed by atoms with Gasteiger partial charge in [-0.2, -0.15) is 10.2 Å². The molecule has 0 bridgehead atoms. The van der Waals surface area contributed by atoms with Gasteiger partial charge in [0.05, 0.1) is 29.3 Å². The number of hydrogen-bond donors (Lipinski definition) is 0. The quantitative estimate of drug-likeness (QED) is 0.569. The van der Waals surface area contributed by atoms with E-state index in [1.807, 2.05) is 26.2 Å². The van der Waals surface area contributed by atoms with Crippen LogP contribution in [0.3, 0.4) is 0 Å². The zero-order valence-electron chi connectivity index (χ0n) is 12.6. The van der Waals surface area contributed by atoms with E-state index in [0.717, 1.165) is 27.0 Å². The van der Waals surface area contributed by atoms with Gasteiger partial charge in [-0.25, -0.2) is 4.68 Å². The summed E-state index contributed by atoms with van der Waals surface area (Å²) in [4.78, 5) is 15.1. The normalized spacial score (nSPS) is 11.8. The number of rotatable bonds is 2. The fourth-order valence-corrected chi connectivity index (χ4v) is 3.81. The number of aryl methyl sites for hydroxylation is 3. The average molecular weight is 313 g/mol. The second kappa shape index (κ2) is 4.54. The maximum Gasteiger partial charge on any atom is 0.276 e. The molecule has 0 radical (unpaired) electrons. The lowest BCUT2D eigenvalue weighted by Crippen LogP contribution is -2.23. The van der Waals surface area contributed by atoms with E-state index in [1.54, 1.807) is 22.2 Å². The molecule has 4 heterocycles. The van der Waals surface area contributed by atoms with Gasteiger partial charge in [-0.1, -0.05) is 0 Å². The minimum Gasteiger partial charge on any atom is -0.305 e. The molecular weight excluding hydrogens is 298 g/mol. The molecule has 0 N–H and O–H groups in total. The molecule has 0 amide bonds. The highest BCUT2D eigenvalue weighted by Crippen LogP contribution is 2.28. The first-order valence-corrected chi connectivity index (χ1v) is 7.81. The first-order valence-electron chi connectivity index (χ1n) is 7.00. The summed E-state index contributed by atoms with van der Waals surface area (Å²) in [7, 11) is 1.86. The van der Waals surface area contributed by atoms with Gasteiger partial charge in [-0.3, -0.25) is 9.48 Å². The summed E-state index contributed by atoms with van der Waals surface area (Å²) < 4.78 is 5.26. The molecule has 0 aliphatic heterocycles. The van der Waals surface area contributed by atoms with Crippen LogP contribution in [0.2, 0.25) is 0 Å². The Bertz CT molecular complexity index is 1070. The lowest BCUT2D eigenvalue weighted by atomic mass is 10.2. The minimum atomic E-state index is -0.0609. The lowest BCUT2D eigenvalue weighted by molar-refractivity contribution is 0.620. The Morgan fingerprint density at radius 2 is 2.14 bits per heavy atom. The zero-order chi connectivity index (χ0) is 15.4. The molecule has 0 aromatic carbocycles. The second-order valence-electron chi connectivity index (χ2n) is 5.49. The summed E-state index contributed by atoms with van der Waals surface area (Å²) >= 11 is 1.70. The Morgan fingerprint density at radius 3 is 2.86 bits per heavy atom. The highest BCUT2D eigenvalue weighted by molar-refractivity contribution is 7.17. The van der Waals surface area contributed by atoms with Gasteiger partial charge >= 0.3 is 0 Å². The largest absolute Gasteiger partial charge is 0.305 e. The SMILES string of the molecule is Cc1cn2c(s1)c(C)c1c(=O)n(Cc3ccn(C)n3)ncc12. The van der Waals surface area contributed by atoms with Gasteiger partial charge in [-0.05, 0) is 25.5 Å². The summed E-state index contributed by atoms with van der Waals surface area (Å²) in [5.74, 6) is 0. The standard InChI is InChI=1S/C15H15N5OS/c1-9-7-19-12-6-16-20(8-11-4-5-18(3)17-11)14(21)13(12)10(2)15(19)22-9/h4-7H,8H2,1-3H3. The van der Waals surface area contributed by atoms with E-state index in [4.69, 9.17) is 0 Å². The molecule has 22 heavy (non-hydrogen) atoms. The van der Waals surface area contributed by atoms with Crippen molar-refractivity contribution in [1.29, 1.82) is 0 Å². The summed E-state index contributed by atoms with van der Waals surface area (Å²) in [6.07, 6.45) is 5.69. The van der Waals surface area contributed by atoms with E-state index in [9.17, 15) is 4.79 Å². The smallest absolute Gasteiger partial charge is 0.276 e. The molecule has 0 saturated heterocycles. The molecule has 4 aromatic heterocycles. The van der Waals surface area contributed by atoms with Crippen molar-refractivity contribution >= 4 is 27.1 Å². The number of nitrogens with zero attached hydrogens (tertiary/aromatic N) is 5. The third-order valence-corrected chi connectivity index (χ3v) is 4.97. The van der Waals surface area contributed by atoms with E-state index in [-0.39, 0.29) is 5.56 Å². The number of thiazole rings is 1. The van der Waals surface area contributed by atoms with Crippen LogP contribution in [-0.2, 0) is 13.6 Å². The van der Waals surface area contributed by atoms with Crippen LogP contribution in [0.4, 0.5) is 0 Å². The predicted molar refractivity (Wildman–Crippen MR) is 86.6 cm³/mol. The van der Waals surface area contributed by atoms with Crippen molar-refractivity contribution in [3.05, 3.63) is 51.1 Å². The zero-order valence-corrected chi connectivity index (χ0v) is 13.4. The van der Waals surface area contributed by atoms with Crippen LogP contribution in [-0.4, -0.2) is 24.0 Å². The molecule has 112 valence electrons. The van der Waals surface area contributed by atoms with Gasteiger partial charge in [0, 0.05) is 24.3 Å². The molecule has 0 spiro atoms. The summed E-state index contributed by atoms with van der Waals surface area (Å²) in [5, 5.41) is 9.38. The maximum absolute atomic E-state index is 12.8. The Hall–Kier alpha value is -2.41. The van der Waals surface area contributed by atoms with Crippen LogP contribution in [0.25, 0.3) is 15.7 Å². The molecule has 6 nitrogen and oxygen atoms in total. The van der Waals surface area contributed by atoms with Gasteiger partial charge in [0.1, 0.15) is 4.83 Å². The van der Waals surface area contributed by atoms with Crippen molar-refractivity contribution in [1.82, 2.24) is 24.0 Å². The first-order chi connectivity index (χ1) is 10.5. The van der Waals surface area contributed by atoms with Crippen LogP contribution < -0.4 is 5.56 Å². The molecule has 0 saturated carbocycles. The summed E-state index contributed by atoms with van der Waals surface area (Å²) in [6, 6.07) is 1.90. The third kappa shape index (κ3) is 1.82. The monoisotopic (exact) mass is 313 g/mol. The average Bonchev–Trinajstić information content (AvgIpc) is 3.11. The Labute approximate surface area is 130 Å². The van der Waals surface area contributed by atoms with Gasteiger partial charge in [0.2, 0.25) is 0 Å². The minimum absolute atomic E-state index is 0.0609. The number of fused-ring (bicyclic) bond motifs is 3. The van der Waals surface area contributed by atoms with Crippen LogP contribution in [0.1, 0.15) is 16.1 Å². The van der Waals surface area contributed by atoms with Gasteiger partial charge < -0.3 is 4.40 Å². The third-order valence-electron chi connectivity index (χ3n) is 3.85. The van der Waals surface area contributed by atoms with E-state index >= 15 is 0 Å². The van der Waals surface area contributed by atoms with Crippen molar-refractivity contribution in [3.63, 3.8) is 0 Å². The molecule has 0 aliphatic rings. The van der Waals surface area contributed by atoms with E-state index in [1.165, 1.54) is 9.56 Å². The Balaban J connectivity index is 1.93. The predicted octanol–water partition coefficient (Wildman–Crippen LogP) is 2.11. The van der Waals surface area contributed by atoms with Gasteiger partial charge in [-0.15, -0.1) is 11.3 Å². The van der Waals surface area contributed by atoms with E-state index < -0.39 is 0 Å². The molecule has 0 fully saturated rings. The highest BCUT2D eigenvalue weighted by atomic mass is 32.1. The second-order valence-corrected chi connectivity index (χ2v) is 6.73. The topological polar surface area (TPSA) is 57.1 Å². The van der Waals surface area contributed by atoms with Crippen molar-refractivity contribution in [2.45, 2.75) is 20.4 Å². The first kappa shape index (κ1) is 13.3. The molecular formula is C15H15N5OS. The molecule has 0 atom stereocenters. The molecule has 0 unspecified atom stereocenters. The summed E-state index contributed by atoms with van der Waals surface area (Å²) in [5.41, 5.74) is 2.66. The van der Waals surface area contributed by atoms with Gasteiger partial charge in [0.15, 0.2) is 0 Å². The Kier molecular flexibility index (Phi) is 2.74. The van der Waals surface area contributed by atoms with Crippen LogP contribution >= 0.6 is 11.3 Å². The molecule has 0 aliphatic carbocycles. The molecule has 4 aromatic rings. The Morgan fingerprint density at radius 1 is 1.32 bits per heavy atom. The fourth-order valence-electron chi connectivity index (χ4n) is 2.84. The number of hydrogen-bond acceptors (Lipinski definition) is 4. The van der Waals surface area contributed by atoms with E-state index in [0.29, 0.717) is 6.54 Å². The van der Waals surface area contributed by atoms with Crippen molar-refractivity contribution in [2.24, 2.45) is 7.05 Å². The molecule has 4 rings (SSSR count).